The fourth-order valence-electron chi connectivity index (χ4n) is 0.211. The van der Waals surface area contributed by atoms with E-state index in [0.29, 0.717) is 0 Å². The van der Waals surface area contributed by atoms with Crippen molar-refractivity contribution < 1.29 is 19.4 Å². The molecule has 0 aliphatic carbocycles. The molecule has 0 aromatic rings. The first-order valence-electron chi connectivity index (χ1n) is 2.10. The summed E-state index contributed by atoms with van der Waals surface area (Å²) in [6.07, 6.45) is 0. The van der Waals surface area contributed by atoms with Gasteiger partial charge >= 0.3 is 11.9 Å². The first-order chi connectivity index (χ1) is 4.09. The molecule has 0 radical (unpaired) electrons. The highest BCUT2D eigenvalue weighted by Gasteiger charge is 2.13. The number of ether oxygens (including phenoxy) is 1. The number of carbonyl (C=O) groups excluding carboxylic acids is 1. The van der Waals surface area contributed by atoms with Gasteiger partial charge < -0.3 is 9.84 Å². The summed E-state index contributed by atoms with van der Waals surface area (Å²) in [5, 5.41) is 8.08. The number of aliphatic carboxylic acids is 1. The summed E-state index contributed by atoms with van der Waals surface area (Å²) in [6, 6.07) is 0. The molecule has 0 atom stereocenters. The quantitative estimate of drug-likeness (QED) is 0.243. The van der Waals surface area contributed by atoms with Gasteiger partial charge in [0.25, 0.3) is 0 Å². The van der Waals surface area contributed by atoms with Gasteiger partial charge in [-0.3, -0.25) is 0 Å². The van der Waals surface area contributed by atoms with Crippen molar-refractivity contribution in [1.29, 1.82) is 0 Å². The molecule has 0 saturated heterocycles. The Morgan fingerprint density at radius 1 is 1.56 bits per heavy atom. The number of carboxylic acids is 1. The Labute approximate surface area is 51.7 Å². The van der Waals surface area contributed by atoms with Crippen molar-refractivity contribution in [2.75, 3.05) is 7.11 Å². The summed E-state index contributed by atoms with van der Waals surface area (Å²) >= 11 is 0. The van der Waals surface area contributed by atoms with E-state index in [1.165, 1.54) is 0 Å². The Kier molecular flexibility index (Phi) is 2.44. The predicted molar refractivity (Wildman–Crippen MR) is 28.8 cm³/mol. The molecular formula is C5H6O4. The maximum Gasteiger partial charge on any atom is 0.344 e. The lowest BCUT2D eigenvalue weighted by Crippen LogP contribution is -2.11. The average molecular weight is 130 g/mol. The molecule has 0 heterocycles. The highest BCUT2D eigenvalue weighted by Crippen LogP contribution is 1.91. The lowest BCUT2D eigenvalue weighted by atomic mass is 10.3. The molecule has 0 bridgehead atoms. The Morgan fingerprint density at radius 3 is 2.11 bits per heavy atom. The smallest absolute Gasteiger partial charge is 0.344 e. The van der Waals surface area contributed by atoms with Gasteiger partial charge in [-0.1, -0.05) is 6.58 Å². The van der Waals surface area contributed by atoms with Crippen LogP contribution in [-0.2, 0) is 14.3 Å². The van der Waals surface area contributed by atoms with Crippen LogP contribution in [0.1, 0.15) is 0 Å². The third-order valence-electron chi connectivity index (χ3n) is 0.690. The molecule has 4 heteroatoms. The van der Waals surface area contributed by atoms with Crippen LogP contribution in [0.25, 0.3) is 0 Å². The SMILES string of the molecule is C=C(C(=O)O)C(=O)OC. The highest BCUT2D eigenvalue weighted by atomic mass is 16.5. The van der Waals surface area contributed by atoms with Gasteiger partial charge in [-0.05, 0) is 0 Å². The van der Waals surface area contributed by atoms with Crippen molar-refractivity contribution in [2.24, 2.45) is 0 Å². The van der Waals surface area contributed by atoms with E-state index in [1.54, 1.807) is 0 Å². The maximum atomic E-state index is 10.3. The van der Waals surface area contributed by atoms with Crippen LogP contribution in [0.3, 0.4) is 0 Å². The summed E-state index contributed by atoms with van der Waals surface area (Å²) in [4.78, 5) is 20.1. The minimum absolute atomic E-state index is 0.558. The van der Waals surface area contributed by atoms with Crippen LogP contribution in [0.4, 0.5) is 0 Å². The lowest BCUT2D eigenvalue weighted by Gasteiger charge is -1.94. The van der Waals surface area contributed by atoms with Crippen molar-refractivity contribution in [1.82, 2.24) is 0 Å². The fourth-order valence-corrected chi connectivity index (χ4v) is 0.211. The number of carbonyl (C=O) groups is 2. The van der Waals surface area contributed by atoms with Crippen LogP contribution < -0.4 is 0 Å². The summed E-state index contributed by atoms with van der Waals surface area (Å²) in [5.74, 6) is -2.27. The van der Waals surface area contributed by atoms with Gasteiger partial charge in [0.05, 0.1) is 7.11 Å². The Morgan fingerprint density at radius 2 is 2.00 bits per heavy atom. The zero-order valence-electron chi connectivity index (χ0n) is 4.88. The van der Waals surface area contributed by atoms with Crippen LogP contribution in [0.2, 0.25) is 0 Å². The molecule has 9 heavy (non-hydrogen) atoms. The first-order valence-corrected chi connectivity index (χ1v) is 2.10. The first kappa shape index (κ1) is 7.68. The third kappa shape index (κ3) is 1.94. The third-order valence-corrected chi connectivity index (χ3v) is 0.690. The second-order valence-electron chi connectivity index (χ2n) is 1.28. The standard InChI is InChI=1S/C5H6O4/c1-3(4(6)7)5(8)9-2/h1H2,2H3,(H,6,7). The average Bonchev–Trinajstić information content (AvgIpc) is 1.84. The van der Waals surface area contributed by atoms with Crippen molar-refractivity contribution in [3.8, 4) is 0 Å². The van der Waals surface area contributed by atoms with E-state index >= 15 is 0 Å². The Hall–Kier alpha value is -1.32. The van der Waals surface area contributed by atoms with Crippen molar-refractivity contribution >= 4 is 11.9 Å². The van der Waals surface area contributed by atoms with Gasteiger partial charge in [0, 0.05) is 0 Å². The number of carboxylic acid groups (broad SMARTS) is 1. The van der Waals surface area contributed by atoms with E-state index in [4.69, 9.17) is 5.11 Å². The van der Waals surface area contributed by atoms with Crippen molar-refractivity contribution in [3.05, 3.63) is 12.2 Å². The second-order valence-corrected chi connectivity index (χ2v) is 1.28. The van der Waals surface area contributed by atoms with E-state index in [2.05, 4.69) is 11.3 Å². The zero-order valence-corrected chi connectivity index (χ0v) is 4.88. The van der Waals surface area contributed by atoms with Crippen LogP contribution in [0, 0.1) is 0 Å². The lowest BCUT2D eigenvalue weighted by molar-refractivity contribution is -0.142. The van der Waals surface area contributed by atoms with Crippen LogP contribution in [0.15, 0.2) is 12.2 Å². The summed E-state index contributed by atoms with van der Waals surface area (Å²) in [5.41, 5.74) is -0.558. The van der Waals surface area contributed by atoms with Gasteiger partial charge in [0.1, 0.15) is 5.57 Å². The molecule has 0 aromatic carbocycles. The van der Waals surface area contributed by atoms with Gasteiger partial charge in [-0.15, -0.1) is 0 Å². The van der Waals surface area contributed by atoms with Crippen LogP contribution in [0.5, 0.6) is 0 Å². The van der Waals surface area contributed by atoms with Gasteiger partial charge in [0.2, 0.25) is 0 Å². The molecular weight excluding hydrogens is 124 g/mol. The number of rotatable bonds is 2. The number of hydrogen-bond donors (Lipinski definition) is 1. The fraction of sp³-hybridized carbons (Fsp3) is 0.200. The monoisotopic (exact) mass is 130 g/mol. The normalized spacial score (nSPS) is 8.11. The molecule has 0 rings (SSSR count). The Bertz CT molecular complexity index is 158. The predicted octanol–water partition coefficient (Wildman–Crippen LogP) is -0.200. The molecule has 50 valence electrons. The van der Waals surface area contributed by atoms with Gasteiger partial charge in [-0.2, -0.15) is 0 Å². The number of methoxy groups -OCH3 is 1. The molecule has 0 aliphatic rings. The van der Waals surface area contributed by atoms with Gasteiger partial charge in [-0.25, -0.2) is 9.59 Å². The highest BCUT2D eigenvalue weighted by molar-refractivity contribution is 6.12. The topological polar surface area (TPSA) is 63.6 Å². The summed E-state index contributed by atoms with van der Waals surface area (Å²) < 4.78 is 4.05. The van der Waals surface area contributed by atoms with Gasteiger partial charge in [0.15, 0.2) is 0 Å². The van der Waals surface area contributed by atoms with E-state index in [-0.39, 0.29) is 0 Å². The molecule has 4 nitrogen and oxygen atoms in total. The Balaban J connectivity index is 4.05. The molecule has 0 saturated carbocycles. The zero-order chi connectivity index (χ0) is 7.44. The van der Waals surface area contributed by atoms with E-state index < -0.39 is 17.5 Å². The molecule has 0 aliphatic heterocycles. The van der Waals surface area contributed by atoms with E-state index in [0.717, 1.165) is 7.11 Å². The largest absolute Gasteiger partial charge is 0.477 e. The second kappa shape index (κ2) is 2.86. The minimum atomic E-state index is -1.36. The molecule has 1 N–H and O–H groups in total. The summed E-state index contributed by atoms with van der Waals surface area (Å²) in [6.45, 7) is 2.95. The van der Waals surface area contributed by atoms with E-state index in [9.17, 15) is 9.59 Å². The summed E-state index contributed by atoms with van der Waals surface area (Å²) in [7, 11) is 1.09. The number of hydrogen-bond acceptors (Lipinski definition) is 3. The molecule has 0 aromatic heterocycles. The molecule has 0 unspecified atom stereocenters. The van der Waals surface area contributed by atoms with Crippen molar-refractivity contribution in [3.63, 3.8) is 0 Å². The van der Waals surface area contributed by atoms with Crippen LogP contribution in [-0.4, -0.2) is 24.2 Å². The number of esters is 1. The van der Waals surface area contributed by atoms with Crippen LogP contribution >= 0.6 is 0 Å². The van der Waals surface area contributed by atoms with Crippen molar-refractivity contribution in [2.45, 2.75) is 0 Å². The minimum Gasteiger partial charge on any atom is -0.477 e. The molecule has 0 fully saturated rings. The molecule has 0 amide bonds. The maximum absolute atomic E-state index is 10.3. The van der Waals surface area contributed by atoms with E-state index in [1.807, 2.05) is 0 Å². The molecule has 0 spiro atoms.